The highest BCUT2D eigenvalue weighted by atomic mass is 32.2. The molecule has 0 radical (unpaired) electrons. The third-order valence-electron chi connectivity index (χ3n) is 3.64. The van der Waals surface area contributed by atoms with Crippen LogP contribution in [-0.4, -0.2) is 35.9 Å². The number of aromatic nitrogens is 2. The normalized spacial score (nSPS) is 16.8. The maximum Gasteiger partial charge on any atom is 0.325 e. The van der Waals surface area contributed by atoms with E-state index in [0.29, 0.717) is 11.0 Å². The summed E-state index contributed by atoms with van der Waals surface area (Å²) >= 11 is 1.77. The number of H-pyrrole nitrogens is 2. The highest BCUT2D eigenvalue weighted by molar-refractivity contribution is 8.00. The lowest BCUT2D eigenvalue weighted by atomic mass is 10.0. The predicted molar refractivity (Wildman–Crippen MR) is 86.9 cm³/mol. The number of hydrogen-bond acceptors (Lipinski definition) is 5. The molecular weight excluding hydrogens is 326 g/mol. The SMILES string of the molecule is Cc1[nH]c(=O)[nH]c(=O)c1S(=O)(=O)NCCSC1CCCCC1. The maximum absolute atomic E-state index is 12.2. The molecule has 0 bridgehead atoms. The van der Waals surface area contributed by atoms with Crippen LogP contribution >= 0.6 is 11.8 Å². The number of thioether (sulfide) groups is 1. The minimum Gasteiger partial charge on any atom is -0.310 e. The number of hydrogen-bond donors (Lipinski definition) is 3. The van der Waals surface area contributed by atoms with E-state index in [1.54, 1.807) is 11.8 Å². The maximum atomic E-state index is 12.2. The molecule has 1 aromatic heterocycles. The summed E-state index contributed by atoms with van der Waals surface area (Å²) in [6.45, 7) is 1.66. The fourth-order valence-electron chi connectivity index (χ4n) is 2.62. The molecular formula is C13H21N3O4S2. The van der Waals surface area contributed by atoms with Crippen molar-refractivity contribution in [2.75, 3.05) is 12.3 Å². The largest absolute Gasteiger partial charge is 0.325 e. The topological polar surface area (TPSA) is 112 Å². The summed E-state index contributed by atoms with van der Waals surface area (Å²) in [5.41, 5.74) is -1.57. The van der Waals surface area contributed by atoms with Crippen LogP contribution in [-0.2, 0) is 10.0 Å². The fraction of sp³-hybridized carbons (Fsp3) is 0.692. The van der Waals surface area contributed by atoms with E-state index in [0.717, 1.165) is 0 Å². The van der Waals surface area contributed by atoms with Crippen molar-refractivity contribution in [1.82, 2.24) is 14.7 Å². The minimum absolute atomic E-state index is 0.0428. The molecule has 2 rings (SSSR count). The molecule has 1 aliphatic carbocycles. The molecule has 0 spiro atoms. The lowest BCUT2D eigenvalue weighted by Crippen LogP contribution is -2.35. The highest BCUT2D eigenvalue weighted by Crippen LogP contribution is 2.27. The third kappa shape index (κ3) is 4.47. The average Bonchev–Trinajstić information content (AvgIpc) is 2.43. The Kier molecular flexibility index (Phi) is 5.87. The van der Waals surface area contributed by atoms with Crippen LogP contribution in [0, 0.1) is 6.92 Å². The number of aromatic amines is 2. The zero-order chi connectivity index (χ0) is 16.2. The third-order valence-corrected chi connectivity index (χ3v) is 6.64. The predicted octanol–water partition coefficient (Wildman–Crippen LogP) is 0.716. The molecule has 1 aliphatic rings. The van der Waals surface area contributed by atoms with Gasteiger partial charge in [-0.3, -0.25) is 9.78 Å². The molecule has 9 heteroatoms. The molecule has 0 saturated heterocycles. The Hall–Kier alpha value is -1.06. The molecule has 3 N–H and O–H groups in total. The first-order valence-electron chi connectivity index (χ1n) is 7.34. The van der Waals surface area contributed by atoms with Gasteiger partial charge in [0.25, 0.3) is 5.56 Å². The van der Waals surface area contributed by atoms with Crippen molar-refractivity contribution < 1.29 is 8.42 Å². The van der Waals surface area contributed by atoms with Gasteiger partial charge in [0.1, 0.15) is 0 Å². The van der Waals surface area contributed by atoms with Gasteiger partial charge in [-0.1, -0.05) is 19.3 Å². The Morgan fingerprint density at radius 1 is 1.18 bits per heavy atom. The summed E-state index contributed by atoms with van der Waals surface area (Å²) in [5.74, 6) is 0.671. The molecule has 1 saturated carbocycles. The van der Waals surface area contributed by atoms with Gasteiger partial charge >= 0.3 is 5.69 Å². The van der Waals surface area contributed by atoms with E-state index in [1.165, 1.54) is 39.0 Å². The molecule has 0 atom stereocenters. The van der Waals surface area contributed by atoms with Crippen molar-refractivity contribution >= 4 is 21.8 Å². The van der Waals surface area contributed by atoms with Gasteiger partial charge < -0.3 is 4.98 Å². The molecule has 0 aliphatic heterocycles. The van der Waals surface area contributed by atoms with E-state index in [2.05, 4.69) is 9.71 Å². The van der Waals surface area contributed by atoms with Crippen LogP contribution in [0.15, 0.2) is 14.5 Å². The summed E-state index contributed by atoms with van der Waals surface area (Å²) in [7, 11) is -3.92. The van der Waals surface area contributed by atoms with E-state index in [9.17, 15) is 18.0 Å². The lowest BCUT2D eigenvalue weighted by molar-refractivity contribution is 0.516. The summed E-state index contributed by atoms with van der Waals surface area (Å²) < 4.78 is 26.8. The first kappa shape index (κ1) is 17.3. The van der Waals surface area contributed by atoms with Gasteiger partial charge in [-0.15, -0.1) is 0 Å². The molecule has 1 fully saturated rings. The van der Waals surface area contributed by atoms with Crippen LogP contribution in [0.5, 0.6) is 0 Å². The summed E-state index contributed by atoms with van der Waals surface area (Å²) in [6.07, 6.45) is 6.16. The molecule has 22 heavy (non-hydrogen) atoms. The van der Waals surface area contributed by atoms with Crippen molar-refractivity contribution in [3.05, 3.63) is 26.5 Å². The molecule has 0 unspecified atom stereocenters. The summed E-state index contributed by atoms with van der Waals surface area (Å²) in [6, 6.07) is 0. The Labute approximate surface area is 133 Å². The number of aryl methyl sites for hydroxylation is 1. The van der Waals surface area contributed by atoms with E-state index in [-0.39, 0.29) is 12.2 Å². The van der Waals surface area contributed by atoms with Crippen molar-refractivity contribution in [3.8, 4) is 0 Å². The van der Waals surface area contributed by atoms with Crippen LogP contribution < -0.4 is 16.0 Å². The van der Waals surface area contributed by atoms with Crippen LogP contribution in [0.2, 0.25) is 0 Å². The van der Waals surface area contributed by atoms with Gasteiger partial charge in [-0.05, 0) is 19.8 Å². The highest BCUT2D eigenvalue weighted by Gasteiger charge is 2.22. The van der Waals surface area contributed by atoms with E-state index < -0.39 is 26.2 Å². The Bertz CT molecular complexity index is 718. The quantitative estimate of drug-likeness (QED) is 0.656. The number of rotatable bonds is 6. The van der Waals surface area contributed by atoms with Crippen molar-refractivity contribution in [1.29, 1.82) is 0 Å². The second kappa shape index (κ2) is 7.47. The summed E-state index contributed by atoms with van der Waals surface area (Å²) in [4.78, 5) is 26.6. The summed E-state index contributed by atoms with van der Waals surface area (Å²) in [5, 5.41) is 0.608. The Morgan fingerprint density at radius 2 is 1.86 bits per heavy atom. The zero-order valence-corrected chi connectivity index (χ0v) is 14.1. The minimum atomic E-state index is -3.92. The van der Waals surface area contributed by atoms with Crippen LogP contribution in [0.25, 0.3) is 0 Å². The van der Waals surface area contributed by atoms with E-state index in [1.807, 2.05) is 4.98 Å². The molecule has 0 amide bonds. The molecule has 7 nitrogen and oxygen atoms in total. The van der Waals surface area contributed by atoms with Gasteiger partial charge in [0, 0.05) is 23.2 Å². The first-order valence-corrected chi connectivity index (χ1v) is 9.88. The monoisotopic (exact) mass is 347 g/mol. The van der Waals surface area contributed by atoms with Crippen LogP contribution in [0.1, 0.15) is 37.8 Å². The van der Waals surface area contributed by atoms with Gasteiger partial charge in [0.2, 0.25) is 10.0 Å². The lowest BCUT2D eigenvalue weighted by Gasteiger charge is -2.20. The average molecular weight is 347 g/mol. The van der Waals surface area contributed by atoms with Crippen molar-refractivity contribution in [3.63, 3.8) is 0 Å². The van der Waals surface area contributed by atoms with Gasteiger partial charge in [0.15, 0.2) is 4.90 Å². The molecule has 124 valence electrons. The Morgan fingerprint density at radius 3 is 2.50 bits per heavy atom. The molecule has 0 aromatic carbocycles. The Balaban J connectivity index is 1.94. The second-order valence-corrected chi connectivity index (χ2v) is 8.50. The van der Waals surface area contributed by atoms with Gasteiger partial charge in [0.05, 0.1) is 0 Å². The van der Waals surface area contributed by atoms with Crippen LogP contribution in [0.4, 0.5) is 0 Å². The van der Waals surface area contributed by atoms with E-state index in [4.69, 9.17) is 0 Å². The van der Waals surface area contributed by atoms with Crippen LogP contribution in [0.3, 0.4) is 0 Å². The first-order chi connectivity index (χ1) is 10.4. The molecule has 1 heterocycles. The zero-order valence-electron chi connectivity index (χ0n) is 12.5. The standard InChI is InChI=1S/C13H21N3O4S2/c1-9-11(12(17)16-13(18)15-9)22(19,20)14-7-8-21-10-5-3-2-4-6-10/h10,14H,2-8H2,1H3,(H2,15,16,17,18). The molecule has 1 aromatic rings. The fourth-order valence-corrected chi connectivity index (χ4v) is 5.23. The number of nitrogens with one attached hydrogen (secondary N) is 3. The van der Waals surface area contributed by atoms with Gasteiger partial charge in [-0.25, -0.2) is 17.9 Å². The van der Waals surface area contributed by atoms with E-state index >= 15 is 0 Å². The van der Waals surface area contributed by atoms with Crippen molar-refractivity contribution in [2.24, 2.45) is 0 Å². The smallest absolute Gasteiger partial charge is 0.310 e. The second-order valence-electron chi connectivity index (χ2n) is 5.39. The number of sulfonamides is 1. The van der Waals surface area contributed by atoms with Crippen molar-refractivity contribution in [2.45, 2.75) is 49.2 Å². The van der Waals surface area contributed by atoms with Gasteiger partial charge in [-0.2, -0.15) is 11.8 Å².